The quantitative estimate of drug-likeness (QED) is 0.509. The Kier molecular flexibility index (Phi) is 3.74. The van der Waals surface area contributed by atoms with Crippen molar-refractivity contribution in [3.8, 4) is 0 Å². The van der Waals surface area contributed by atoms with Gasteiger partial charge in [0, 0.05) is 22.8 Å². The van der Waals surface area contributed by atoms with Gasteiger partial charge in [-0.15, -0.1) is 0 Å². The van der Waals surface area contributed by atoms with Crippen LogP contribution in [0, 0.1) is 10.1 Å². The highest BCUT2D eigenvalue weighted by Gasteiger charge is 2.25. The van der Waals surface area contributed by atoms with Gasteiger partial charge >= 0.3 is 5.97 Å². The van der Waals surface area contributed by atoms with Gasteiger partial charge in [-0.2, -0.15) is 0 Å². The lowest BCUT2D eigenvalue weighted by molar-refractivity contribution is -0.385. The van der Waals surface area contributed by atoms with Gasteiger partial charge < -0.3 is 5.11 Å². The number of hydrogen-bond donors (Lipinski definition) is 1. The Morgan fingerprint density at radius 3 is 2.35 bits per heavy atom. The summed E-state index contributed by atoms with van der Waals surface area (Å²) in [7, 11) is 0.756. The lowest BCUT2D eigenvalue weighted by atomic mass is 10.2. The van der Waals surface area contributed by atoms with Crippen LogP contribution < -0.4 is 0 Å². The molecule has 0 heterocycles. The minimum atomic E-state index is -4.29. The fraction of sp³-hybridized carbons (Fsp3) is 0. The molecule has 0 aliphatic heterocycles. The number of hydrogen-bond acceptors (Lipinski definition) is 5. The number of rotatable bonds is 3. The Balaban J connectivity index is 3.73. The van der Waals surface area contributed by atoms with Gasteiger partial charge in [-0.25, -0.2) is 13.2 Å². The monoisotopic (exact) mass is 343 g/mol. The summed E-state index contributed by atoms with van der Waals surface area (Å²) in [5, 5.41) is 19.3. The molecule has 7 nitrogen and oxygen atoms in total. The van der Waals surface area contributed by atoms with Crippen LogP contribution in [0.3, 0.4) is 0 Å². The highest BCUT2D eigenvalue weighted by atomic mass is 79.9. The SMILES string of the molecule is O=C(O)c1cc([N+](=O)[O-])cc(S(=O)(=O)Cl)c1Br. The molecule has 0 aliphatic rings. The van der Waals surface area contributed by atoms with E-state index in [1.165, 1.54) is 0 Å². The number of carboxylic acid groups (broad SMARTS) is 1. The minimum Gasteiger partial charge on any atom is -0.478 e. The second-order valence-corrected chi connectivity index (χ2v) is 6.13. The summed E-state index contributed by atoms with van der Waals surface area (Å²) in [6, 6.07) is 1.41. The van der Waals surface area contributed by atoms with E-state index < -0.39 is 36.1 Å². The first-order chi connectivity index (χ1) is 7.64. The van der Waals surface area contributed by atoms with E-state index >= 15 is 0 Å². The van der Waals surface area contributed by atoms with E-state index in [1.54, 1.807) is 0 Å². The highest BCUT2D eigenvalue weighted by Crippen LogP contribution is 2.32. The molecule has 0 aromatic heterocycles. The van der Waals surface area contributed by atoms with Gasteiger partial charge in [0.15, 0.2) is 0 Å². The second-order valence-electron chi connectivity index (χ2n) is 2.81. The van der Waals surface area contributed by atoms with Gasteiger partial charge in [-0.05, 0) is 15.9 Å². The number of nitro groups is 1. The van der Waals surface area contributed by atoms with Crippen LogP contribution in [0.2, 0.25) is 0 Å². The van der Waals surface area contributed by atoms with Crippen LogP contribution in [0.1, 0.15) is 10.4 Å². The molecule has 0 radical (unpaired) electrons. The zero-order chi connectivity index (χ0) is 13.4. The minimum absolute atomic E-state index is 0.328. The standard InChI is InChI=1S/C7H3BrClNO6S/c8-6-4(7(11)12)1-3(10(13)14)2-5(6)17(9,15)16/h1-2H,(H,11,12). The molecule has 0 spiro atoms. The summed E-state index contributed by atoms with van der Waals surface area (Å²) in [5.74, 6) is -1.51. The summed E-state index contributed by atoms with van der Waals surface area (Å²) in [4.78, 5) is 19.7. The van der Waals surface area contributed by atoms with Crippen molar-refractivity contribution in [3.63, 3.8) is 0 Å². The van der Waals surface area contributed by atoms with E-state index in [0.717, 1.165) is 6.07 Å². The van der Waals surface area contributed by atoms with E-state index in [0.29, 0.717) is 6.07 Å². The molecule has 0 amide bonds. The third-order valence-corrected chi connectivity index (χ3v) is 4.19. The third kappa shape index (κ3) is 2.93. The van der Waals surface area contributed by atoms with Gasteiger partial charge in [0.2, 0.25) is 0 Å². The second kappa shape index (κ2) is 4.59. The molecule has 0 saturated heterocycles. The molecule has 0 atom stereocenters. The molecule has 0 saturated carbocycles. The molecule has 1 rings (SSSR count). The smallest absolute Gasteiger partial charge is 0.337 e. The van der Waals surface area contributed by atoms with Crippen molar-refractivity contribution in [2.24, 2.45) is 0 Å². The average molecular weight is 345 g/mol. The van der Waals surface area contributed by atoms with Crippen molar-refractivity contribution in [1.82, 2.24) is 0 Å². The third-order valence-electron chi connectivity index (χ3n) is 1.73. The molecular formula is C7H3BrClNO6S. The lowest BCUT2D eigenvalue weighted by Gasteiger charge is -2.04. The van der Waals surface area contributed by atoms with Crippen LogP contribution in [0.4, 0.5) is 5.69 Å². The lowest BCUT2D eigenvalue weighted by Crippen LogP contribution is -2.04. The van der Waals surface area contributed by atoms with Crippen LogP contribution >= 0.6 is 26.6 Å². The van der Waals surface area contributed by atoms with Crippen LogP contribution in [-0.2, 0) is 9.05 Å². The average Bonchev–Trinajstić information content (AvgIpc) is 2.15. The summed E-state index contributed by atoms with van der Waals surface area (Å²) in [5.41, 5.74) is -1.23. The molecule has 17 heavy (non-hydrogen) atoms. The number of nitro benzene ring substituents is 1. The van der Waals surface area contributed by atoms with E-state index in [1.807, 2.05) is 0 Å². The Morgan fingerprint density at radius 2 is 2.00 bits per heavy atom. The van der Waals surface area contributed by atoms with E-state index in [-0.39, 0.29) is 4.47 Å². The molecule has 92 valence electrons. The van der Waals surface area contributed by atoms with Crippen molar-refractivity contribution in [2.75, 3.05) is 0 Å². The van der Waals surface area contributed by atoms with Crippen LogP contribution in [0.5, 0.6) is 0 Å². The van der Waals surface area contributed by atoms with Crippen molar-refractivity contribution >= 4 is 47.3 Å². The van der Waals surface area contributed by atoms with E-state index in [9.17, 15) is 23.3 Å². The van der Waals surface area contributed by atoms with Crippen molar-refractivity contribution in [1.29, 1.82) is 0 Å². The first kappa shape index (κ1) is 13.9. The maximum absolute atomic E-state index is 11.1. The van der Waals surface area contributed by atoms with Crippen molar-refractivity contribution in [2.45, 2.75) is 4.90 Å². The zero-order valence-electron chi connectivity index (χ0n) is 7.75. The van der Waals surface area contributed by atoms with Crippen LogP contribution in [0.25, 0.3) is 0 Å². The Labute approximate surface area is 108 Å². The molecular weight excluding hydrogens is 342 g/mol. The number of carbonyl (C=O) groups is 1. The first-order valence-corrected chi connectivity index (χ1v) is 6.90. The van der Waals surface area contributed by atoms with Gasteiger partial charge in [-0.1, -0.05) is 0 Å². The van der Waals surface area contributed by atoms with Crippen molar-refractivity contribution < 1.29 is 23.2 Å². The fourth-order valence-corrected chi connectivity index (χ4v) is 3.29. The predicted octanol–water partition coefficient (Wildman–Crippen LogP) is 1.98. The fourth-order valence-electron chi connectivity index (χ4n) is 1.02. The van der Waals surface area contributed by atoms with Gasteiger partial charge in [-0.3, -0.25) is 10.1 Å². The molecule has 0 unspecified atom stereocenters. The highest BCUT2D eigenvalue weighted by molar-refractivity contribution is 9.10. The number of carboxylic acids is 1. The van der Waals surface area contributed by atoms with Gasteiger partial charge in [0.25, 0.3) is 14.7 Å². The molecule has 0 aliphatic carbocycles. The largest absolute Gasteiger partial charge is 0.478 e. The maximum atomic E-state index is 11.1. The summed E-state index contributed by atoms with van der Waals surface area (Å²) < 4.78 is 21.9. The molecule has 0 bridgehead atoms. The predicted molar refractivity (Wildman–Crippen MR) is 60.8 cm³/mol. The Bertz CT molecular complexity index is 613. The normalized spacial score (nSPS) is 11.2. The van der Waals surface area contributed by atoms with Gasteiger partial charge in [0.1, 0.15) is 4.90 Å². The Morgan fingerprint density at radius 1 is 1.47 bits per heavy atom. The number of non-ortho nitro benzene ring substituents is 1. The number of halogens is 2. The summed E-state index contributed by atoms with van der Waals surface area (Å²) in [6.07, 6.45) is 0. The number of nitrogens with zero attached hydrogens (tertiary/aromatic N) is 1. The molecule has 1 aromatic rings. The topological polar surface area (TPSA) is 115 Å². The Hall–Kier alpha value is -1.19. The maximum Gasteiger partial charge on any atom is 0.337 e. The van der Waals surface area contributed by atoms with E-state index in [4.69, 9.17) is 15.8 Å². The number of aromatic carboxylic acids is 1. The first-order valence-electron chi connectivity index (χ1n) is 3.80. The summed E-state index contributed by atoms with van der Waals surface area (Å²) in [6.45, 7) is 0. The zero-order valence-corrected chi connectivity index (χ0v) is 10.9. The molecule has 0 fully saturated rings. The van der Waals surface area contributed by atoms with E-state index in [2.05, 4.69) is 15.9 Å². The summed E-state index contributed by atoms with van der Waals surface area (Å²) >= 11 is 2.73. The molecule has 1 aromatic carbocycles. The van der Waals surface area contributed by atoms with Crippen LogP contribution in [-0.4, -0.2) is 24.4 Å². The van der Waals surface area contributed by atoms with Crippen molar-refractivity contribution in [3.05, 3.63) is 32.3 Å². The molecule has 1 N–H and O–H groups in total. The number of benzene rings is 1. The molecule has 10 heteroatoms. The van der Waals surface area contributed by atoms with Crippen LogP contribution in [0.15, 0.2) is 21.5 Å². The van der Waals surface area contributed by atoms with Gasteiger partial charge in [0.05, 0.1) is 15.0 Å².